The SMILES string of the molecule is CC1(O[Si](C)(C)C(C)(C)C)C#C/C=C\C#CCCC(=O)OC/C=C/1Sc1ccccc1. The van der Waals surface area contributed by atoms with Crippen molar-refractivity contribution in [2.75, 3.05) is 6.61 Å². The van der Waals surface area contributed by atoms with Crippen LogP contribution in [0.3, 0.4) is 0 Å². The third-order valence-corrected chi connectivity index (χ3v) is 11.2. The summed E-state index contributed by atoms with van der Waals surface area (Å²) in [6.45, 7) is 13.3. The first kappa shape index (κ1) is 25.1. The van der Waals surface area contributed by atoms with E-state index in [0.29, 0.717) is 6.42 Å². The Kier molecular flexibility index (Phi) is 8.83. The lowest BCUT2D eigenvalue weighted by molar-refractivity contribution is -0.142. The lowest BCUT2D eigenvalue weighted by atomic mass is 10.1. The molecule has 5 heteroatoms. The summed E-state index contributed by atoms with van der Waals surface area (Å²) in [5.41, 5.74) is -0.849. The van der Waals surface area contributed by atoms with E-state index in [4.69, 9.17) is 9.16 Å². The molecule has 0 bridgehead atoms. The summed E-state index contributed by atoms with van der Waals surface area (Å²) in [7, 11) is -2.16. The Labute approximate surface area is 192 Å². The van der Waals surface area contributed by atoms with Crippen LogP contribution >= 0.6 is 11.8 Å². The van der Waals surface area contributed by atoms with Crippen molar-refractivity contribution in [3.05, 3.63) is 53.5 Å². The maximum atomic E-state index is 12.0. The number of hydrogen-bond acceptors (Lipinski definition) is 4. The highest BCUT2D eigenvalue weighted by Crippen LogP contribution is 2.44. The number of thioether (sulfide) groups is 1. The highest BCUT2D eigenvalue weighted by atomic mass is 32.2. The maximum absolute atomic E-state index is 12.0. The van der Waals surface area contributed by atoms with Crippen LogP contribution in [0.4, 0.5) is 0 Å². The maximum Gasteiger partial charge on any atom is 0.307 e. The van der Waals surface area contributed by atoms with Gasteiger partial charge in [0.2, 0.25) is 0 Å². The summed E-state index contributed by atoms with van der Waals surface area (Å²) < 4.78 is 12.3. The first-order valence-electron chi connectivity index (χ1n) is 10.5. The molecule has 2 rings (SSSR count). The Hall–Kier alpha value is -2.18. The average molecular weight is 453 g/mol. The number of benzene rings is 1. The van der Waals surface area contributed by atoms with Gasteiger partial charge in [-0.1, -0.05) is 74.4 Å². The normalized spacial score (nSPS) is 23.0. The minimum Gasteiger partial charge on any atom is -0.461 e. The van der Waals surface area contributed by atoms with Crippen LogP contribution in [0, 0.1) is 23.7 Å². The molecule has 0 aliphatic carbocycles. The Morgan fingerprint density at radius 3 is 2.48 bits per heavy atom. The molecule has 0 radical (unpaired) electrons. The molecule has 0 N–H and O–H groups in total. The molecule has 1 aromatic carbocycles. The second-order valence-electron chi connectivity index (χ2n) is 8.99. The molecule has 0 amide bonds. The van der Waals surface area contributed by atoms with Gasteiger partial charge in [0.1, 0.15) is 12.2 Å². The van der Waals surface area contributed by atoms with Crippen LogP contribution in [0.15, 0.2) is 58.4 Å². The number of carbonyl (C=O) groups is 1. The van der Waals surface area contributed by atoms with E-state index in [1.807, 2.05) is 31.2 Å². The third-order valence-electron chi connectivity index (χ3n) is 5.34. The highest BCUT2D eigenvalue weighted by Gasteiger charge is 2.44. The van der Waals surface area contributed by atoms with Gasteiger partial charge in [-0.15, -0.1) is 0 Å². The van der Waals surface area contributed by atoms with Crippen molar-refractivity contribution in [3.63, 3.8) is 0 Å². The topological polar surface area (TPSA) is 35.5 Å². The summed E-state index contributed by atoms with van der Waals surface area (Å²) in [5, 5.41) is 0.0209. The zero-order valence-corrected chi connectivity index (χ0v) is 21.2. The van der Waals surface area contributed by atoms with Gasteiger partial charge in [-0.3, -0.25) is 4.79 Å². The molecule has 0 saturated heterocycles. The van der Waals surface area contributed by atoms with Crippen LogP contribution in [0.5, 0.6) is 0 Å². The summed E-state index contributed by atoms with van der Waals surface area (Å²) in [6, 6.07) is 10.1. The minimum absolute atomic E-state index is 0.0209. The lowest BCUT2D eigenvalue weighted by Gasteiger charge is -2.42. The molecule has 164 valence electrons. The quantitative estimate of drug-likeness (QED) is 0.303. The molecule has 1 atom stereocenters. The van der Waals surface area contributed by atoms with E-state index in [-0.39, 0.29) is 24.0 Å². The predicted octanol–water partition coefficient (Wildman–Crippen LogP) is 6.34. The number of carbonyl (C=O) groups excluding carboxylic acids is 1. The van der Waals surface area contributed by atoms with Crippen LogP contribution < -0.4 is 0 Å². The molecule has 3 nitrogen and oxygen atoms in total. The fourth-order valence-electron chi connectivity index (χ4n) is 2.59. The van der Waals surface area contributed by atoms with Crippen molar-refractivity contribution >= 4 is 26.0 Å². The van der Waals surface area contributed by atoms with Crippen molar-refractivity contribution in [1.29, 1.82) is 0 Å². The van der Waals surface area contributed by atoms with Crippen molar-refractivity contribution in [1.82, 2.24) is 0 Å². The molecular weight excluding hydrogens is 420 g/mol. The third kappa shape index (κ3) is 7.78. The fourth-order valence-corrected chi connectivity index (χ4v) is 5.14. The zero-order chi connectivity index (χ0) is 23.0. The Bertz CT molecular complexity index is 950. The average Bonchev–Trinajstić information content (AvgIpc) is 2.68. The van der Waals surface area contributed by atoms with Gasteiger partial charge in [-0.25, -0.2) is 0 Å². The second kappa shape index (κ2) is 10.9. The molecule has 0 aromatic heterocycles. The van der Waals surface area contributed by atoms with Crippen molar-refractivity contribution < 1.29 is 14.0 Å². The second-order valence-corrected chi connectivity index (χ2v) is 14.8. The lowest BCUT2D eigenvalue weighted by Crippen LogP contribution is -2.48. The summed E-state index contributed by atoms with van der Waals surface area (Å²) >= 11 is 1.60. The molecule has 31 heavy (non-hydrogen) atoms. The number of allylic oxidation sites excluding steroid dienone is 2. The number of cyclic esters (lactones) is 1. The van der Waals surface area contributed by atoms with Crippen molar-refractivity contribution in [2.45, 2.75) is 69.2 Å². The molecule has 1 unspecified atom stereocenters. The van der Waals surface area contributed by atoms with E-state index in [1.165, 1.54) is 0 Å². The van der Waals surface area contributed by atoms with Crippen LogP contribution in [0.25, 0.3) is 0 Å². The standard InChI is InChI=1S/C26H32O3SSi/c1-25(2,3)31(5,6)29-26(4)20-15-10-8-7-9-14-18-24(27)28-21-19-23(26)30-22-16-12-11-13-17-22/h8,10-13,16-17,19H,14,18,21H2,1-6H3/b10-8-,23-19-. The number of ether oxygens (including phenoxy) is 1. The molecule has 1 aliphatic rings. The van der Waals surface area contributed by atoms with E-state index in [1.54, 1.807) is 23.9 Å². The van der Waals surface area contributed by atoms with E-state index < -0.39 is 13.9 Å². The Morgan fingerprint density at radius 1 is 1.13 bits per heavy atom. The van der Waals surface area contributed by atoms with Gasteiger partial charge >= 0.3 is 5.97 Å². The van der Waals surface area contributed by atoms with Gasteiger partial charge in [-0.2, -0.15) is 0 Å². The van der Waals surface area contributed by atoms with Crippen LogP contribution in [0.1, 0.15) is 40.5 Å². The molecule has 0 saturated carbocycles. The molecular formula is C26H32O3SSi. The first-order chi connectivity index (χ1) is 14.5. The molecule has 1 aliphatic heterocycles. The van der Waals surface area contributed by atoms with Crippen molar-refractivity contribution in [3.8, 4) is 23.7 Å². The zero-order valence-electron chi connectivity index (χ0n) is 19.4. The smallest absolute Gasteiger partial charge is 0.307 e. The molecule has 0 spiro atoms. The van der Waals surface area contributed by atoms with E-state index in [0.717, 1.165) is 9.80 Å². The van der Waals surface area contributed by atoms with Gasteiger partial charge in [0.05, 0.1) is 6.42 Å². The largest absolute Gasteiger partial charge is 0.461 e. The van der Waals surface area contributed by atoms with Crippen LogP contribution in [0.2, 0.25) is 18.1 Å². The van der Waals surface area contributed by atoms with Gasteiger partial charge in [0.15, 0.2) is 8.32 Å². The molecule has 1 aromatic rings. The monoisotopic (exact) mass is 452 g/mol. The Morgan fingerprint density at radius 2 is 1.81 bits per heavy atom. The van der Waals surface area contributed by atoms with E-state index in [2.05, 4.69) is 69.7 Å². The fraction of sp³-hybridized carbons (Fsp3) is 0.423. The van der Waals surface area contributed by atoms with Crippen molar-refractivity contribution in [2.24, 2.45) is 0 Å². The first-order valence-corrected chi connectivity index (χ1v) is 14.2. The van der Waals surface area contributed by atoms with Gasteiger partial charge in [0, 0.05) is 16.2 Å². The highest BCUT2D eigenvalue weighted by molar-refractivity contribution is 8.03. The van der Waals surface area contributed by atoms with Gasteiger partial charge in [-0.05, 0) is 55.4 Å². The number of hydrogen-bond donors (Lipinski definition) is 0. The van der Waals surface area contributed by atoms with Gasteiger partial charge in [0.25, 0.3) is 0 Å². The molecule has 1 heterocycles. The van der Waals surface area contributed by atoms with E-state index in [9.17, 15) is 4.79 Å². The summed E-state index contributed by atoms with van der Waals surface area (Å²) in [5.74, 6) is 12.1. The van der Waals surface area contributed by atoms with Crippen LogP contribution in [-0.4, -0.2) is 26.5 Å². The van der Waals surface area contributed by atoms with E-state index >= 15 is 0 Å². The summed E-state index contributed by atoms with van der Waals surface area (Å²) in [6.07, 6.45) is 6.13. The Balaban J connectivity index is 2.54. The minimum atomic E-state index is -2.16. The number of esters is 1. The number of rotatable bonds is 4. The predicted molar refractivity (Wildman–Crippen MR) is 132 cm³/mol. The van der Waals surface area contributed by atoms with Gasteiger partial charge < -0.3 is 9.16 Å². The molecule has 0 fully saturated rings. The summed E-state index contributed by atoms with van der Waals surface area (Å²) in [4.78, 5) is 14.0. The van der Waals surface area contributed by atoms with Crippen LogP contribution in [-0.2, 0) is 14.0 Å².